The highest BCUT2D eigenvalue weighted by Gasteiger charge is 2.11. The summed E-state index contributed by atoms with van der Waals surface area (Å²) in [5, 5.41) is 5.95. The van der Waals surface area contributed by atoms with Crippen molar-refractivity contribution < 1.29 is 14.3 Å². The van der Waals surface area contributed by atoms with E-state index in [4.69, 9.17) is 4.74 Å². The standard InChI is InChI=1S/C21H17N5O3S/c1-12(27)23-21-25-17-8-5-14(11-18(17)30-21)16-9-10-22-20(24-16)26-19(28)13-3-6-15(29-2)7-4-13/h3-11H,1-2H3,(H,23,25,27)(H,22,24,26,28). The van der Waals surface area contributed by atoms with Gasteiger partial charge in [-0.15, -0.1) is 0 Å². The zero-order valence-electron chi connectivity index (χ0n) is 16.2. The zero-order valence-corrected chi connectivity index (χ0v) is 17.0. The maximum absolute atomic E-state index is 12.5. The first-order chi connectivity index (χ1) is 14.5. The maximum Gasteiger partial charge on any atom is 0.258 e. The predicted octanol–water partition coefficient (Wildman–Crippen LogP) is 3.97. The van der Waals surface area contributed by atoms with Crippen LogP contribution in [0.25, 0.3) is 21.5 Å². The van der Waals surface area contributed by atoms with Gasteiger partial charge in [0.1, 0.15) is 5.75 Å². The van der Waals surface area contributed by atoms with E-state index in [0.29, 0.717) is 22.1 Å². The zero-order chi connectivity index (χ0) is 21.1. The van der Waals surface area contributed by atoms with E-state index < -0.39 is 0 Å². The van der Waals surface area contributed by atoms with Gasteiger partial charge in [-0.25, -0.2) is 15.0 Å². The highest BCUT2D eigenvalue weighted by Crippen LogP contribution is 2.30. The third kappa shape index (κ3) is 4.26. The largest absolute Gasteiger partial charge is 0.497 e. The minimum absolute atomic E-state index is 0.165. The molecule has 2 aromatic heterocycles. The van der Waals surface area contributed by atoms with Crippen molar-refractivity contribution in [3.63, 3.8) is 0 Å². The number of aromatic nitrogens is 3. The summed E-state index contributed by atoms with van der Waals surface area (Å²) < 4.78 is 6.02. The van der Waals surface area contributed by atoms with Crippen LogP contribution >= 0.6 is 11.3 Å². The quantitative estimate of drug-likeness (QED) is 0.507. The molecule has 0 aliphatic carbocycles. The van der Waals surface area contributed by atoms with Crippen LogP contribution in [0, 0.1) is 0 Å². The summed E-state index contributed by atoms with van der Waals surface area (Å²) in [6, 6.07) is 14.2. The molecular weight excluding hydrogens is 402 g/mol. The molecule has 9 heteroatoms. The monoisotopic (exact) mass is 419 g/mol. The Labute approximate surface area is 176 Å². The lowest BCUT2D eigenvalue weighted by atomic mass is 10.1. The van der Waals surface area contributed by atoms with Crippen molar-refractivity contribution in [1.29, 1.82) is 0 Å². The number of methoxy groups -OCH3 is 1. The minimum Gasteiger partial charge on any atom is -0.497 e. The number of carbonyl (C=O) groups is 2. The van der Waals surface area contributed by atoms with Gasteiger partial charge in [0.05, 0.1) is 23.0 Å². The van der Waals surface area contributed by atoms with Crippen LogP contribution in [0.4, 0.5) is 11.1 Å². The Hall–Kier alpha value is -3.85. The normalized spacial score (nSPS) is 10.6. The molecule has 0 unspecified atom stereocenters. The van der Waals surface area contributed by atoms with Gasteiger partial charge in [0.2, 0.25) is 11.9 Å². The number of anilines is 2. The van der Waals surface area contributed by atoms with Gasteiger partial charge in [0.25, 0.3) is 5.91 Å². The van der Waals surface area contributed by atoms with Gasteiger partial charge >= 0.3 is 0 Å². The van der Waals surface area contributed by atoms with Gasteiger partial charge < -0.3 is 10.1 Å². The Kier molecular flexibility index (Phi) is 5.36. The Morgan fingerprint density at radius 3 is 2.53 bits per heavy atom. The smallest absolute Gasteiger partial charge is 0.258 e. The lowest BCUT2D eigenvalue weighted by Crippen LogP contribution is -2.14. The van der Waals surface area contributed by atoms with Gasteiger partial charge in [0.15, 0.2) is 5.13 Å². The Morgan fingerprint density at radius 2 is 1.80 bits per heavy atom. The molecule has 150 valence electrons. The summed E-state index contributed by atoms with van der Waals surface area (Å²) in [5.41, 5.74) is 2.77. The van der Waals surface area contributed by atoms with E-state index in [2.05, 4.69) is 25.6 Å². The lowest BCUT2D eigenvalue weighted by Gasteiger charge is -2.06. The molecule has 4 rings (SSSR count). The van der Waals surface area contributed by atoms with Crippen molar-refractivity contribution in [2.24, 2.45) is 0 Å². The van der Waals surface area contributed by atoms with E-state index in [1.807, 2.05) is 18.2 Å². The van der Waals surface area contributed by atoms with Crippen LogP contribution in [0.15, 0.2) is 54.7 Å². The van der Waals surface area contributed by atoms with E-state index >= 15 is 0 Å². The number of carbonyl (C=O) groups excluding carboxylic acids is 2. The summed E-state index contributed by atoms with van der Waals surface area (Å²) in [6.45, 7) is 1.44. The second-order valence-corrected chi connectivity index (χ2v) is 7.36. The number of nitrogens with zero attached hydrogens (tertiary/aromatic N) is 3. The first-order valence-electron chi connectivity index (χ1n) is 8.99. The summed E-state index contributed by atoms with van der Waals surface area (Å²) in [6.07, 6.45) is 1.59. The average Bonchev–Trinajstić information content (AvgIpc) is 3.14. The van der Waals surface area contributed by atoms with Crippen molar-refractivity contribution in [3.8, 4) is 17.0 Å². The van der Waals surface area contributed by atoms with Gasteiger partial charge in [-0.2, -0.15) is 0 Å². The van der Waals surface area contributed by atoms with Crippen LogP contribution in [-0.2, 0) is 4.79 Å². The topological polar surface area (TPSA) is 106 Å². The fraction of sp³-hybridized carbons (Fsp3) is 0.0952. The van der Waals surface area contributed by atoms with Crippen molar-refractivity contribution in [3.05, 3.63) is 60.3 Å². The van der Waals surface area contributed by atoms with Gasteiger partial charge in [-0.05, 0) is 42.5 Å². The SMILES string of the molecule is COc1ccc(C(=O)Nc2nccc(-c3ccc4nc(NC(C)=O)sc4c3)n2)cc1. The van der Waals surface area contributed by atoms with Crippen LogP contribution < -0.4 is 15.4 Å². The fourth-order valence-electron chi connectivity index (χ4n) is 2.78. The molecule has 0 bridgehead atoms. The van der Waals surface area contributed by atoms with E-state index in [1.165, 1.54) is 18.3 Å². The van der Waals surface area contributed by atoms with Crippen molar-refractivity contribution in [2.75, 3.05) is 17.7 Å². The maximum atomic E-state index is 12.5. The molecule has 2 amide bonds. The molecule has 0 aliphatic heterocycles. The van der Waals surface area contributed by atoms with Crippen molar-refractivity contribution >= 4 is 44.4 Å². The molecule has 0 saturated heterocycles. The van der Waals surface area contributed by atoms with Crippen LogP contribution in [-0.4, -0.2) is 33.9 Å². The fourth-order valence-corrected chi connectivity index (χ4v) is 3.74. The minimum atomic E-state index is -0.312. The number of hydrogen-bond acceptors (Lipinski definition) is 7. The molecular formula is C21H17N5O3S. The third-order valence-corrected chi connectivity index (χ3v) is 5.13. The number of fused-ring (bicyclic) bond motifs is 1. The van der Waals surface area contributed by atoms with E-state index in [0.717, 1.165) is 15.8 Å². The number of benzene rings is 2. The number of rotatable bonds is 5. The number of hydrogen-bond donors (Lipinski definition) is 2. The Balaban J connectivity index is 1.56. The second-order valence-electron chi connectivity index (χ2n) is 6.33. The Bertz CT molecular complexity index is 1240. The Morgan fingerprint density at radius 1 is 1.00 bits per heavy atom. The highest BCUT2D eigenvalue weighted by molar-refractivity contribution is 7.22. The number of amides is 2. The van der Waals surface area contributed by atoms with Crippen molar-refractivity contribution in [1.82, 2.24) is 15.0 Å². The number of thiazole rings is 1. The van der Waals surface area contributed by atoms with Gasteiger partial charge in [-0.1, -0.05) is 17.4 Å². The second kappa shape index (κ2) is 8.26. The highest BCUT2D eigenvalue weighted by atomic mass is 32.1. The predicted molar refractivity (Wildman–Crippen MR) is 116 cm³/mol. The molecule has 0 radical (unpaired) electrons. The molecule has 0 atom stereocenters. The summed E-state index contributed by atoms with van der Waals surface area (Å²) in [7, 11) is 1.57. The van der Waals surface area contributed by atoms with Crippen molar-refractivity contribution in [2.45, 2.75) is 6.92 Å². The van der Waals surface area contributed by atoms with Crippen LogP contribution in [0.5, 0.6) is 5.75 Å². The molecule has 0 aliphatic rings. The molecule has 4 aromatic rings. The lowest BCUT2D eigenvalue weighted by molar-refractivity contribution is -0.114. The average molecular weight is 419 g/mol. The molecule has 2 N–H and O–H groups in total. The van der Waals surface area contributed by atoms with Crippen LogP contribution in [0.3, 0.4) is 0 Å². The molecule has 0 saturated carbocycles. The molecule has 2 aromatic carbocycles. The van der Waals surface area contributed by atoms with E-state index in [1.54, 1.807) is 43.6 Å². The van der Waals surface area contributed by atoms with E-state index in [-0.39, 0.29) is 17.8 Å². The number of nitrogens with one attached hydrogen (secondary N) is 2. The first-order valence-corrected chi connectivity index (χ1v) is 9.80. The third-order valence-electron chi connectivity index (χ3n) is 4.20. The van der Waals surface area contributed by atoms with Crippen LogP contribution in [0.1, 0.15) is 17.3 Å². The van der Waals surface area contributed by atoms with E-state index in [9.17, 15) is 9.59 Å². The van der Waals surface area contributed by atoms with Crippen LogP contribution in [0.2, 0.25) is 0 Å². The molecule has 8 nitrogen and oxygen atoms in total. The summed E-state index contributed by atoms with van der Waals surface area (Å²) >= 11 is 1.38. The number of ether oxygens (including phenoxy) is 1. The molecule has 0 fully saturated rings. The van der Waals surface area contributed by atoms with Gasteiger partial charge in [0, 0.05) is 24.2 Å². The first kappa shape index (κ1) is 19.5. The molecule has 2 heterocycles. The van der Waals surface area contributed by atoms with Gasteiger partial charge in [-0.3, -0.25) is 14.9 Å². The molecule has 0 spiro atoms. The summed E-state index contributed by atoms with van der Waals surface area (Å²) in [5.74, 6) is 0.400. The molecule has 30 heavy (non-hydrogen) atoms. The summed E-state index contributed by atoms with van der Waals surface area (Å²) in [4.78, 5) is 36.7.